The summed E-state index contributed by atoms with van der Waals surface area (Å²) in [6.07, 6.45) is 6.68. The Kier molecular flexibility index (Phi) is 12.1. The molecule has 0 N–H and O–H groups in total. The minimum absolute atomic E-state index is 0.844. The Balaban J connectivity index is 0.000000494. The summed E-state index contributed by atoms with van der Waals surface area (Å²) in [4.78, 5) is 0. The van der Waals surface area contributed by atoms with Gasteiger partial charge in [0.2, 0.25) is 0 Å². The lowest BCUT2D eigenvalue weighted by molar-refractivity contribution is 0.162. The molecule has 0 fully saturated rings. The van der Waals surface area contributed by atoms with Crippen molar-refractivity contribution in [2.45, 2.75) is 59.8 Å². The molecule has 0 bridgehead atoms. The number of benzene rings is 1. The quantitative estimate of drug-likeness (QED) is 0.607. The Hall–Kier alpha value is -0.820. The van der Waals surface area contributed by atoms with Crippen molar-refractivity contribution in [2.24, 2.45) is 0 Å². The fourth-order valence-corrected chi connectivity index (χ4v) is 1.71. The third-order valence-electron chi connectivity index (χ3n) is 2.85. The molecule has 0 amide bonds. The predicted molar refractivity (Wildman–Crippen MR) is 81.2 cm³/mol. The van der Waals surface area contributed by atoms with Gasteiger partial charge >= 0.3 is 0 Å². The zero-order valence-electron chi connectivity index (χ0n) is 12.7. The second-order valence-electron chi connectivity index (χ2n) is 4.58. The number of rotatable bonds is 7. The molecule has 0 aromatic heterocycles. The lowest BCUT2D eigenvalue weighted by Crippen LogP contribution is -1.85. The summed E-state index contributed by atoms with van der Waals surface area (Å²) in [7, 11) is 0. The van der Waals surface area contributed by atoms with E-state index in [0.29, 0.717) is 0 Å². The van der Waals surface area contributed by atoms with Gasteiger partial charge in [-0.15, -0.1) is 0 Å². The van der Waals surface area contributed by atoms with E-state index < -0.39 is 0 Å². The highest BCUT2D eigenvalue weighted by atomic mass is 16.5. The average Bonchev–Trinajstić information content (AvgIpc) is 2.39. The normalized spacial score (nSPS) is 9.78. The van der Waals surface area contributed by atoms with Gasteiger partial charge in [0.1, 0.15) is 0 Å². The monoisotopic (exact) mass is 250 g/mol. The summed E-state index contributed by atoms with van der Waals surface area (Å²) >= 11 is 0. The highest BCUT2D eigenvalue weighted by Crippen LogP contribution is 2.08. The summed E-state index contributed by atoms with van der Waals surface area (Å²) in [6.45, 7) is 10.1. The van der Waals surface area contributed by atoms with Crippen molar-refractivity contribution >= 4 is 0 Å². The van der Waals surface area contributed by atoms with E-state index in [2.05, 4.69) is 38.1 Å². The van der Waals surface area contributed by atoms with Crippen molar-refractivity contribution in [2.75, 3.05) is 13.2 Å². The third kappa shape index (κ3) is 10.3. The Labute approximate surface area is 114 Å². The maximum absolute atomic E-state index is 4.83. The molecule has 0 aliphatic heterocycles. The van der Waals surface area contributed by atoms with Crippen molar-refractivity contribution in [3.8, 4) is 0 Å². The molecule has 0 aliphatic rings. The molecule has 0 radical (unpaired) electrons. The van der Waals surface area contributed by atoms with Gasteiger partial charge < -0.3 is 4.74 Å². The summed E-state index contributed by atoms with van der Waals surface area (Å²) in [5, 5.41) is 0. The van der Waals surface area contributed by atoms with Gasteiger partial charge in [-0.25, -0.2) is 0 Å². The summed E-state index contributed by atoms with van der Waals surface area (Å²) in [6, 6.07) is 8.91. The van der Waals surface area contributed by atoms with Crippen LogP contribution in [0.15, 0.2) is 24.3 Å². The molecule has 1 nitrogen and oxygen atoms in total. The van der Waals surface area contributed by atoms with Crippen molar-refractivity contribution in [1.29, 1.82) is 0 Å². The van der Waals surface area contributed by atoms with Crippen molar-refractivity contribution < 1.29 is 4.74 Å². The molecular formula is C17H30O. The minimum atomic E-state index is 0.844. The van der Waals surface area contributed by atoms with Gasteiger partial charge in [0.05, 0.1) is 0 Å². The average molecular weight is 250 g/mol. The smallest absolute Gasteiger partial charge is 0.0437 e. The molecule has 1 rings (SSSR count). The van der Waals surface area contributed by atoms with E-state index in [1.807, 2.05) is 13.8 Å². The molecule has 1 aromatic carbocycles. The molecule has 0 heterocycles. The standard InChI is InChI=1S/C13H20.C4H10O/c1-3-4-5-6-7-13-10-8-12(2)9-11-13;1-3-5-4-2/h8-11H,3-7H2,1-2H3;3-4H2,1-2H3. The second-order valence-corrected chi connectivity index (χ2v) is 4.58. The molecular weight excluding hydrogens is 220 g/mol. The van der Waals surface area contributed by atoms with Crippen LogP contribution < -0.4 is 0 Å². The number of unbranched alkanes of at least 4 members (excludes halogenated alkanes) is 3. The first-order chi connectivity index (χ1) is 8.74. The zero-order chi connectivity index (χ0) is 13.6. The lowest BCUT2D eigenvalue weighted by atomic mass is 10.1. The minimum Gasteiger partial charge on any atom is -0.382 e. The maximum Gasteiger partial charge on any atom is 0.0437 e. The lowest BCUT2D eigenvalue weighted by Gasteiger charge is -2.01. The highest BCUT2D eigenvalue weighted by Gasteiger charge is 1.92. The van der Waals surface area contributed by atoms with E-state index in [1.165, 1.54) is 43.2 Å². The van der Waals surface area contributed by atoms with Gasteiger partial charge in [-0.05, 0) is 39.2 Å². The van der Waals surface area contributed by atoms with Crippen LogP contribution >= 0.6 is 0 Å². The third-order valence-corrected chi connectivity index (χ3v) is 2.85. The van der Waals surface area contributed by atoms with Crippen LogP contribution in [0, 0.1) is 6.92 Å². The topological polar surface area (TPSA) is 9.23 Å². The molecule has 0 atom stereocenters. The van der Waals surface area contributed by atoms with Crippen LogP contribution in [0.25, 0.3) is 0 Å². The van der Waals surface area contributed by atoms with Crippen LogP contribution in [0.2, 0.25) is 0 Å². The van der Waals surface area contributed by atoms with Crippen LogP contribution in [0.4, 0.5) is 0 Å². The van der Waals surface area contributed by atoms with Crippen molar-refractivity contribution in [3.63, 3.8) is 0 Å². The van der Waals surface area contributed by atoms with E-state index >= 15 is 0 Å². The van der Waals surface area contributed by atoms with Gasteiger partial charge in [0.25, 0.3) is 0 Å². The summed E-state index contributed by atoms with van der Waals surface area (Å²) in [5.74, 6) is 0. The SMILES string of the molecule is CCCCCCc1ccc(C)cc1.CCOCC. The van der Waals surface area contributed by atoms with Crippen LogP contribution in [0.1, 0.15) is 57.6 Å². The number of hydrogen-bond acceptors (Lipinski definition) is 1. The Morgan fingerprint density at radius 3 is 1.89 bits per heavy atom. The van der Waals surface area contributed by atoms with E-state index in [4.69, 9.17) is 4.74 Å². The molecule has 0 aliphatic carbocycles. The first-order valence-electron chi connectivity index (χ1n) is 7.37. The zero-order valence-corrected chi connectivity index (χ0v) is 12.7. The summed E-state index contributed by atoms with van der Waals surface area (Å²) in [5.41, 5.74) is 2.85. The number of aryl methyl sites for hydroxylation is 2. The largest absolute Gasteiger partial charge is 0.382 e. The Morgan fingerprint density at radius 2 is 1.44 bits per heavy atom. The van der Waals surface area contributed by atoms with Crippen LogP contribution in [-0.4, -0.2) is 13.2 Å². The fraction of sp³-hybridized carbons (Fsp3) is 0.647. The van der Waals surface area contributed by atoms with Gasteiger partial charge in [-0.3, -0.25) is 0 Å². The van der Waals surface area contributed by atoms with E-state index in [1.54, 1.807) is 0 Å². The van der Waals surface area contributed by atoms with Crippen LogP contribution in [-0.2, 0) is 11.2 Å². The van der Waals surface area contributed by atoms with Crippen molar-refractivity contribution in [1.82, 2.24) is 0 Å². The Morgan fingerprint density at radius 1 is 0.833 bits per heavy atom. The van der Waals surface area contributed by atoms with E-state index in [-0.39, 0.29) is 0 Å². The van der Waals surface area contributed by atoms with Gasteiger partial charge in [-0.2, -0.15) is 0 Å². The molecule has 18 heavy (non-hydrogen) atoms. The van der Waals surface area contributed by atoms with Gasteiger partial charge in [-0.1, -0.05) is 56.0 Å². The number of ether oxygens (including phenoxy) is 1. The van der Waals surface area contributed by atoms with Gasteiger partial charge in [0, 0.05) is 13.2 Å². The molecule has 0 saturated carbocycles. The summed E-state index contributed by atoms with van der Waals surface area (Å²) < 4.78 is 4.83. The number of hydrogen-bond donors (Lipinski definition) is 0. The molecule has 0 spiro atoms. The highest BCUT2D eigenvalue weighted by molar-refractivity contribution is 5.21. The van der Waals surface area contributed by atoms with Crippen LogP contribution in [0.3, 0.4) is 0 Å². The predicted octanol–water partition coefficient (Wildman–Crippen LogP) is 5.16. The van der Waals surface area contributed by atoms with Gasteiger partial charge in [0.15, 0.2) is 0 Å². The van der Waals surface area contributed by atoms with E-state index in [0.717, 1.165) is 13.2 Å². The fourth-order valence-electron chi connectivity index (χ4n) is 1.71. The first-order valence-corrected chi connectivity index (χ1v) is 7.37. The molecule has 0 unspecified atom stereocenters. The van der Waals surface area contributed by atoms with Crippen LogP contribution in [0.5, 0.6) is 0 Å². The molecule has 1 heteroatoms. The van der Waals surface area contributed by atoms with E-state index in [9.17, 15) is 0 Å². The molecule has 0 saturated heterocycles. The Bertz CT molecular complexity index is 261. The first kappa shape index (κ1) is 17.2. The van der Waals surface area contributed by atoms with Crippen molar-refractivity contribution in [3.05, 3.63) is 35.4 Å². The second kappa shape index (κ2) is 12.6. The molecule has 1 aromatic rings. The maximum atomic E-state index is 4.83. The molecule has 104 valence electrons.